The van der Waals surface area contributed by atoms with E-state index in [0.717, 1.165) is 17.7 Å². The predicted molar refractivity (Wildman–Crippen MR) is 109 cm³/mol. The van der Waals surface area contributed by atoms with E-state index in [2.05, 4.69) is 35.5 Å². The highest BCUT2D eigenvalue weighted by Crippen LogP contribution is 2.39. The first-order valence-corrected chi connectivity index (χ1v) is 9.64. The van der Waals surface area contributed by atoms with E-state index < -0.39 is 6.10 Å². The highest BCUT2D eigenvalue weighted by molar-refractivity contribution is 5.80. The average molecular weight is 385 g/mol. The minimum absolute atomic E-state index is 0.0423. The molecule has 0 saturated carbocycles. The molecule has 2 aromatic carbocycles. The normalized spacial score (nSPS) is 19.3. The summed E-state index contributed by atoms with van der Waals surface area (Å²) in [4.78, 5) is 4.54. The second-order valence-electron chi connectivity index (χ2n) is 7.59. The van der Waals surface area contributed by atoms with Crippen LogP contribution in [0.5, 0.6) is 5.75 Å². The number of hydrogen-bond acceptors (Lipinski definition) is 3. The van der Waals surface area contributed by atoms with Gasteiger partial charge in [-0.05, 0) is 44.5 Å². The fraction of sp³-hybridized carbons (Fsp3) is 0.409. The van der Waals surface area contributed by atoms with Crippen molar-refractivity contribution in [3.63, 3.8) is 0 Å². The van der Waals surface area contributed by atoms with Crippen LogP contribution in [0.2, 0.25) is 0 Å². The molecule has 0 fully saturated rings. The average Bonchev–Trinajstić information content (AvgIpc) is 2.65. The third-order valence-corrected chi connectivity index (χ3v) is 4.71. The SMILES string of the molecule is CCNC(=NCC(O)c1ccc(F)cc1)NC1CC(C)(C)Oc2ccccc21. The predicted octanol–water partition coefficient (Wildman–Crippen LogP) is 3.72. The molecule has 3 N–H and O–H groups in total. The zero-order valence-electron chi connectivity index (χ0n) is 16.6. The second kappa shape index (κ2) is 8.61. The first-order valence-electron chi connectivity index (χ1n) is 9.64. The third-order valence-electron chi connectivity index (χ3n) is 4.71. The fourth-order valence-corrected chi connectivity index (χ4v) is 3.38. The van der Waals surface area contributed by atoms with E-state index in [9.17, 15) is 9.50 Å². The number of nitrogens with zero attached hydrogens (tertiary/aromatic N) is 1. The van der Waals surface area contributed by atoms with E-state index in [1.165, 1.54) is 12.1 Å². The maximum absolute atomic E-state index is 13.1. The number of aliphatic hydroxyl groups is 1. The van der Waals surface area contributed by atoms with Gasteiger partial charge in [-0.3, -0.25) is 4.99 Å². The van der Waals surface area contributed by atoms with Gasteiger partial charge in [0.15, 0.2) is 5.96 Å². The highest BCUT2D eigenvalue weighted by Gasteiger charge is 2.34. The molecular formula is C22H28FN3O2. The molecule has 2 aromatic rings. The van der Waals surface area contributed by atoms with Gasteiger partial charge in [0.25, 0.3) is 0 Å². The van der Waals surface area contributed by atoms with E-state index >= 15 is 0 Å². The molecule has 6 heteroatoms. The Morgan fingerprint density at radius 1 is 1.25 bits per heavy atom. The van der Waals surface area contributed by atoms with Crippen LogP contribution in [0.25, 0.3) is 0 Å². The molecule has 5 nitrogen and oxygen atoms in total. The zero-order valence-corrected chi connectivity index (χ0v) is 16.6. The molecule has 1 heterocycles. The van der Waals surface area contributed by atoms with Crippen molar-refractivity contribution in [1.29, 1.82) is 0 Å². The van der Waals surface area contributed by atoms with Crippen LogP contribution in [-0.2, 0) is 0 Å². The molecule has 3 rings (SSSR count). The van der Waals surface area contributed by atoms with Crippen LogP contribution in [0.4, 0.5) is 4.39 Å². The quantitative estimate of drug-likeness (QED) is 0.542. The monoisotopic (exact) mass is 385 g/mol. The number of ether oxygens (including phenoxy) is 1. The minimum Gasteiger partial charge on any atom is -0.487 e. The number of guanidine groups is 1. The number of para-hydroxylation sites is 1. The van der Waals surface area contributed by atoms with Crippen LogP contribution in [-0.4, -0.2) is 29.8 Å². The molecule has 0 spiro atoms. The lowest BCUT2D eigenvalue weighted by atomic mass is 9.90. The van der Waals surface area contributed by atoms with Gasteiger partial charge in [-0.1, -0.05) is 30.3 Å². The Bertz CT molecular complexity index is 821. The van der Waals surface area contributed by atoms with E-state index in [1.54, 1.807) is 12.1 Å². The van der Waals surface area contributed by atoms with Crippen LogP contribution >= 0.6 is 0 Å². The van der Waals surface area contributed by atoms with Gasteiger partial charge in [0.05, 0.1) is 18.7 Å². The lowest BCUT2D eigenvalue weighted by Gasteiger charge is -2.38. The molecule has 2 atom stereocenters. The van der Waals surface area contributed by atoms with E-state index in [-0.39, 0.29) is 24.0 Å². The summed E-state index contributed by atoms with van der Waals surface area (Å²) in [6, 6.07) is 13.9. The number of aliphatic imine (C=N–C) groups is 1. The molecule has 1 aliphatic heterocycles. The molecule has 1 aliphatic rings. The van der Waals surface area contributed by atoms with Crippen molar-refractivity contribution < 1.29 is 14.2 Å². The summed E-state index contributed by atoms with van der Waals surface area (Å²) in [7, 11) is 0. The molecule has 150 valence electrons. The van der Waals surface area contributed by atoms with Gasteiger partial charge in [0.1, 0.15) is 17.2 Å². The lowest BCUT2D eigenvalue weighted by molar-refractivity contribution is 0.0693. The first kappa shape index (κ1) is 20.1. The minimum atomic E-state index is -0.797. The van der Waals surface area contributed by atoms with Crippen molar-refractivity contribution in [2.24, 2.45) is 4.99 Å². The molecule has 0 bridgehead atoms. The summed E-state index contributed by atoms with van der Waals surface area (Å²) in [6.45, 7) is 7.01. The Kier molecular flexibility index (Phi) is 6.19. The smallest absolute Gasteiger partial charge is 0.191 e. The summed E-state index contributed by atoms with van der Waals surface area (Å²) in [6.07, 6.45) is -0.0101. The van der Waals surface area contributed by atoms with Gasteiger partial charge in [0.2, 0.25) is 0 Å². The van der Waals surface area contributed by atoms with Crippen LogP contribution in [0.1, 0.15) is 50.5 Å². The van der Waals surface area contributed by atoms with Crippen LogP contribution in [0.15, 0.2) is 53.5 Å². The van der Waals surface area contributed by atoms with Crippen molar-refractivity contribution in [1.82, 2.24) is 10.6 Å². The molecule has 2 unspecified atom stereocenters. The Labute approximate surface area is 165 Å². The number of aliphatic hydroxyl groups excluding tert-OH is 1. The summed E-state index contributed by atoms with van der Waals surface area (Å²) in [5.74, 6) is 1.18. The number of rotatable bonds is 5. The number of benzene rings is 2. The van der Waals surface area contributed by atoms with E-state index in [0.29, 0.717) is 18.1 Å². The van der Waals surface area contributed by atoms with E-state index in [4.69, 9.17) is 4.74 Å². The van der Waals surface area contributed by atoms with Gasteiger partial charge in [0, 0.05) is 18.5 Å². The van der Waals surface area contributed by atoms with Gasteiger partial charge in [-0.15, -0.1) is 0 Å². The largest absolute Gasteiger partial charge is 0.487 e. The third kappa shape index (κ3) is 5.01. The molecule has 0 saturated heterocycles. The molecule has 0 aliphatic carbocycles. The van der Waals surface area contributed by atoms with Gasteiger partial charge >= 0.3 is 0 Å². The first-order chi connectivity index (χ1) is 13.4. The fourth-order valence-electron chi connectivity index (χ4n) is 3.38. The Hall–Kier alpha value is -2.60. The zero-order chi connectivity index (χ0) is 20.1. The van der Waals surface area contributed by atoms with Crippen molar-refractivity contribution in [3.8, 4) is 5.75 Å². The second-order valence-corrected chi connectivity index (χ2v) is 7.59. The molecule has 0 radical (unpaired) electrons. The van der Waals surface area contributed by atoms with E-state index in [1.807, 2.05) is 25.1 Å². The van der Waals surface area contributed by atoms with Crippen LogP contribution in [0.3, 0.4) is 0 Å². The summed E-state index contributed by atoms with van der Waals surface area (Å²) in [5.41, 5.74) is 1.43. The Morgan fingerprint density at radius 3 is 2.68 bits per heavy atom. The number of nitrogens with one attached hydrogen (secondary N) is 2. The maximum Gasteiger partial charge on any atom is 0.191 e. The molecule has 0 aromatic heterocycles. The maximum atomic E-state index is 13.1. The molecular weight excluding hydrogens is 357 g/mol. The van der Waals surface area contributed by atoms with Crippen LogP contribution < -0.4 is 15.4 Å². The number of fused-ring (bicyclic) bond motifs is 1. The standard InChI is InChI=1S/C22H28FN3O2/c1-4-24-21(25-14-19(27)15-9-11-16(23)12-10-15)26-18-13-22(2,3)28-20-8-6-5-7-17(18)20/h5-12,18-19,27H,4,13-14H2,1-3H3,(H2,24,25,26). The van der Waals surface area contributed by atoms with Crippen molar-refractivity contribution in [2.45, 2.75) is 44.9 Å². The lowest BCUT2D eigenvalue weighted by Crippen LogP contribution is -2.45. The summed E-state index contributed by atoms with van der Waals surface area (Å²) >= 11 is 0. The summed E-state index contributed by atoms with van der Waals surface area (Å²) < 4.78 is 19.2. The number of halogens is 1. The number of hydrogen-bond donors (Lipinski definition) is 3. The Balaban J connectivity index is 1.75. The molecule has 28 heavy (non-hydrogen) atoms. The topological polar surface area (TPSA) is 65.9 Å². The van der Waals surface area contributed by atoms with Crippen molar-refractivity contribution in [2.75, 3.05) is 13.1 Å². The van der Waals surface area contributed by atoms with Crippen molar-refractivity contribution >= 4 is 5.96 Å². The highest BCUT2D eigenvalue weighted by atomic mass is 19.1. The van der Waals surface area contributed by atoms with Gasteiger partial charge in [-0.25, -0.2) is 4.39 Å². The van der Waals surface area contributed by atoms with Gasteiger partial charge in [-0.2, -0.15) is 0 Å². The molecule has 0 amide bonds. The Morgan fingerprint density at radius 2 is 1.96 bits per heavy atom. The van der Waals surface area contributed by atoms with Crippen molar-refractivity contribution in [3.05, 3.63) is 65.5 Å². The van der Waals surface area contributed by atoms with Crippen LogP contribution in [0, 0.1) is 5.82 Å². The summed E-state index contributed by atoms with van der Waals surface area (Å²) in [5, 5.41) is 17.1. The van der Waals surface area contributed by atoms with Gasteiger partial charge < -0.3 is 20.5 Å².